The van der Waals surface area contributed by atoms with Gasteiger partial charge in [-0.2, -0.15) is 0 Å². The minimum absolute atomic E-state index is 0.00274. The summed E-state index contributed by atoms with van der Waals surface area (Å²) in [5.41, 5.74) is 2.34. The van der Waals surface area contributed by atoms with E-state index in [-0.39, 0.29) is 11.3 Å². The van der Waals surface area contributed by atoms with Crippen LogP contribution in [0.3, 0.4) is 0 Å². The van der Waals surface area contributed by atoms with Crippen LogP contribution in [0.25, 0.3) is 5.76 Å². The Balaban J connectivity index is 1.86. The number of Topliss-reactive ketones (excluding diaryl/α,β-unsaturated/α-hetero) is 1. The van der Waals surface area contributed by atoms with Crippen molar-refractivity contribution >= 4 is 23.1 Å². The van der Waals surface area contributed by atoms with Gasteiger partial charge < -0.3 is 9.84 Å². The van der Waals surface area contributed by atoms with Crippen LogP contribution in [0.15, 0.2) is 78.5 Å². The topological polar surface area (TPSA) is 79.7 Å². The summed E-state index contributed by atoms with van der Waals surface area (Å²) in [6.07, 6.45) is 1.60. The quantitative estimate of drug-likeness (QED) is 0.328. The maximum atomic E-state index is 13.2. The fourth-order valence-corrected chi connectivity index (χ4v) is 3.88. The number of carbonyl (C=O) groups excluding carboxylic acids is 2. The molecular weight excluding hydrogens is 416 g/mol. The number of para-hydroxylation sites is 1. The number of aliphatic hydroxyl groups excluding tert-OH is 1. The summed E-state index contributed by atoms with van der Waals surface area (Å²) in [6, 6.07) is 18.7. The van der Waals surface area contributed by atoms with E-state index in [1.807, 2.05) is 39.0 Å². The van der Waals surface area contributed by atoms with Crippen molar-refractivity contribution in [1.29, 1.82) is 0 Å². The van der Waals surface area contributed by atoms with Crippen molar-refractivity contribution in [2.75, 3.05) is 11.5 Å². The number of ketones is 1. The van der Waals surface area contributed by atoms with Gasteiger partial charge in [0.1, 0.15) is 17.6 Å². The molecule has 6 heteroatoms. The number of aromatic nitrogens is 1. The molecule has 0 spiro atoms. The van der Waals surface area contributed by atoms with E-state index in [0.29, 0.717) is 35.2 Å². The SMILES string of the molecule is Cc1ccccc1N1C(=O)C(=O)/C(=C(\O)c2cccc(OCC(C)C)c2)C1c1ccccn1. The number of anilines is 1. The van der Waals surface area contributed by atoms with Gasteiger partial charge in [0.25, 0.3) is 11.7 Å². The molecule has 1 unspecified atom stereocenters. The Morgan fingerprint density at radius 3 is 2.52 bits per heavy atom. The zero-order valence-corrected chi connectivity index (χ0v) is 18.9. The average Bonchev–Trinajstić information content (AvgIpc) is 3.08. The molecule has 1 aromatic heterocycles. The number of aliphatic hydroxyl groups is 1. The van der Waals surface area contributed by atoms with Gasteiger partial charge in [-0.15, -0.1) is 0 Å². The van der Waals surface area contributed by atoms with Gasteiger partial charge in [-0.1, -0.05) is 50.2 Å². The highest BCUT2D eigenvalue weighted by atomic mass is 16.5. The fraction of sp³-hybridized carbons (Fsp3) is 0.222. The summed E-state index contributed by atoms with van der Waals surface area (Å²) in [5, 5.41) is 11.3. The number of rotatable bonds is 6. The third-order valence-corrected chi connectivity index (χ3v) is 5.48. The maximum Gasteiger partial charge on any atom is 0.300 e. The average molecular weight is 443 g/mol. The molecule has 0 saturated carbocycles. The van der Waals surface area contributed by atoms with E-state index in [1.165, 1.54) is 4.90 Å². The van der Waals surface area contributed by atoms with E-state index < -0.39 is 17.7 Å². The molecule has 33 heavy (non-hydrogen) atoms. The Kier molecular flexibility index (Phi) is 6.27. The Bertz CT molecular complexity index is 1220. The molecule has 1 fully saturated rings. The molecule has 1 N–H and O–H groups in total. The van der Waals surface area contributed by atoms with Crippen LogP contribution < -0.4 is 9.64 Å². The van der Waals surface area contributed by atoms with Crippen molar-refractivity contribution < 1.29 is 19.4 Å². The molecular formula is C27H26N2O4. The second-order valence-corrected chi connectivity index (χ2v) is 8.44. The first-order chi connectivity index (χ1) is 15.9. The van der Waals surface area contributed by atoms with Crippen LogP contribution >= 0.6 is 0 Å². The molecule has 3 aromatic rings. The predicted octanol–water partition coefficient (Wildman–Crippen LogP) is 5.05. The summed E-state index contributed by atoms with van der Waals surface area (Å²) >= 11 is 0. The van der Waals surface area contributed by atoms with Gasteiger partial charge in [0, 0.05) is 17.4 Å². The Morgan fingerprint density at radius 1 is 1.06 bits per heavy atom. The first-order valence-corrected chi connectivity index (χ1v) is 10.9. The van der Waals surface area contributed by atoms with E-state index in [1.54, 1.807) is 54.7 Å². The van der Waals surface area contributed by atoms with Crippen LogP contribution in [0, 0.1) is 12.8 Å². The van der Waals surface area contributed by atoms with Crippen molar-refractivity contribution in [3.8, 4) is 5.75 Å². The third-order valence-electron chi connectivity index (χ3n) is 5.48. The second kappa shape index (κ2) is 9.28. The van der Waals surface area contributed by atoms with Crippen LogP contribution in [0.4, 0.5) is 5.69 Å². The normalized spacial score (nSPS) is 17.6. The van der Waals surface area contributed by atoms with Crippen molar-refractivity contribution in [1.82, 2.24) is 4.98 Å². The van der Waals surface area contributed by atoms with Gasteiger partial charge in [0.15, 0.2) is 0 Å². The molecule has 2 aromatic carbocycles. The summed E-state index contributed by atoms with van der Waals surface area (Å²) in [6.45, 7) is 6.49. The molecule has 0 radical (unpaired) electrons. The fourth-order valence-electron chi connectivity index (χ4n) is 3.88. The molecule has 1 atom stereocenters. The molecule has 0 aliphatic carbocycles. The number of benzene rings is 2. The van der Waals surface area contributed by atoms with Gasteiger partial charge in [-0.05, 0) is 48.7 Å². The van der Waals surface area contributed by atoms with Crippen molar-refractivity contribution in [2.45, 2.75) is 26.8 Å². The summed E-state index contributed by atoms with van der Waals surface area (Å²) < 4.78 is 5.78. The molecule has 4 rings (SSSR count). The minimum atomic E-state index is -0.854. The zero-order valence-electron chi connectivity index (χ0n) is 18.9. The monoisotopic (exact) mass is 442 g/mol. The number of aryl methyl sites for hydroxylation is 1. The zero-order chi connectivity index (χ0) is 23.5. The standard InChI is InChI=1S/C27H26N2O4/c1-17(2)16-33-20-11-8-10-19(15-20)25(30)23-24(21-12-6-7-14-28-21)29(27(32)26(23)31)22-13-5-4-9-18(22)3/h4-15,17,24,30H,16H2,1-3H3/b25-23-. The molecule has 168 valence electrons. The van der Waals surface area contributed by atoms with Crippen LogP contribution in [0.1, 0.15) is 36.7 Å². The first-order valence-electron chi connectivity index (χ1n) is 10.9. The number of pyridine rings is 1. The molecule has 1 saturated heterocycles. The maximum absolute atomic E-state index is 13.2. The van der Waals surface area contributed by atoms with Crippen molar-refractivity contribution in [2.24, 2.45) is 5.92 Å². The third kappa shape index (κ3) is 4.37. The lowest BCUT2D eigenvalue weighted by Crippen LogP contribution is -2.30. The van der Waals surface area contributed by atoms with Crippen LogP contribution in [-0.4, -0.2) is 28.4 Å². The Morgan fingerprint density at radius 2 is 1.82 bits per heavy atom. The van der Waals surface area contributed by atoms with Gasteiger partial charge >= 0.3 is 0 Å². The van der Waals surface area contributed by atoms with Gasteiger partial charge in [-0.3, -0.25) is 19.5 Å². The minimum Gasteiger partial charge on any atom is -0.507 e. The van der Waals surface area contributed by atoms with Gasteiger partial charge in [0.05, 0.1) is 17.9 Å². The number of carbonyl (C=O) groups is 2. The highest BCUT2D eigenvalue weighted by Gasteiger charge is 2.47. The first kappa shape index (κ1) is 22.3. The van der Waals surface area contributed by atoms with Gasteiger partial charge in [-0.25, -0.2) is 0 Å². The summed E-state index contributed by atoms with van der Waals surface area (Å²) in [4.78, 5) is 32.3. The van der Waals surface area contributed by atoms with E-state index in [0.717, 1.165) is 5.56 Å². The number of hydrogen-bond acceptors (Lipinski definition) is 5. The molecule has 2 heterocycles. The molecule has 6 nitrogen and oxygen atoms in total. The lowest BCUT2D eigenvalue weighted by Gasteiger charge is -2.26. The summed E-state index contributed by atoms with van der Waals surface area (Å²) in [7, 11) is 0. The number of hydrogen-bond donors (Lipinski definition) is 1. The van der Waals surface area contributed by atoms with E-state index in [9.17, 15) is 14.7 Å². The van der Waals surface area contributed by atoms with Gasteiger partial charge in [0.2, 0.25) is 0 Å². The molecule has 0 bridgehead atoms. The smallest absolute Gasteiger partial charge is 0.300 e. The lowest BCUT2D eigenvalue weighted by atomic mass is 9.98. The molecule has 1 aliphatic heterocycles. The Labute approximate surface area is 193 Å². The number of amides is 1. The number of ether oxygens (including phenoxy) is 1. The highest BCUT2D eigenvalue weighted by molar-refractivity contribution is 6.51. The van der Waals surface area contributed by atoms with Crippen molar-refractivity contribution in [3.63, 3.8) is 0 Å². The predicted molar refractivity (Wildman–Crippen MR) is 127 cm³/mol. The van der Waals surface area contributed by atoms with Crippen molar-refractivity contribution in [3.05, 3.63) is 95.3 Å². The largest absolute Gasteiger partial charge is 0.507 e. The van der Waals surface area contributed by atoms with E-state index in [4.69, 9.17) is 4.74 Å². The van der Waals surface area contributed by atoms with Crippen LogP contribution in [0.5, 0.6) is 5.75 Å². The van der Waals surface area contributed by atoms with E-state index in [2.05, 4.69) is 4.98 Å². The van der Waals surface area contributed by atoms with Crippen LogP contribution in [-0.2, 0) is 9.59 Å². The molecule has 1 amide bonds. The summed E-state index contributed by atoms with van der Waals surface area (Å²) in [5.74, 6) is -0.787. The van der Waals surface area contributed by atoms with E-state index >= 15 is 0 Å². The number of nitrogens with zero attached hydrogens (tertiary/aromatic N) is 2. The molecule has 1 aliphatic rings. The lowest BCUT2D eigenvalue weighted by molar-refractivity contribution is -0.132. The highest BCUT2D eigenvalue weighted by Crippen LogP contribution is 2.42. The Hall–Kier alpha value is -3.93. The van der Waals surface area contributed by atoms with Crippen LogP contribution in [0.2, 0.25) is 0 Å². The second-order valence-electron chi connectivity index (χ2n) is 8.44.